The molecule has 0 heterocycles. The third kappa shape index (κ3) is 32.7. The van der Waals surface area contributed by atoms with E-state index in [1.54, 1.807) is 24.6 Å². The monoisotopic (exact) mass is 593 g/mol. The minimum absolute atomic E-state index is 0.193. The molecular weight excluding hydrogens is 519 g/mol. The Morgan fingerprint density at radius 2 is 0.615 bits per heavy atom. The Morgan fingerprint density at radius 1 is 0.385 bits per heavy atom. The van der Waals surface area contributed by atoms with Crippen molar-refractivity contribution in [2.45, 2.75) is 189 Å². The predicted octanol–water partition coefficient (Wildman–Crippen LogP) is 12.0. The van der Waals surface area contributed by atoms with E-state index in [2.05, 4.69) is 34.6 Å². The Balaban J connectivity index is 0. The lowest BCUT2D eigenvalue weighted by molar-refractivity contribution is 0.459. The van der Waals surface area contributed by atoms with Gasteiger partial charge in [-0.3, -0.25) is 0 Å². The predicted molar refractivity (Wildman–Crippen MR) is 180 cm³/mol. The van der Waals surface area contributed by atoms with Crippen LogP contribution in [0.15, 0.2) is 0 Å². The standard InChI is InChI=1S/C24H52P.C10H22O3S/c1-5-9-13-17-21-25(22-18-14-10-6-2,23-19-15-11-7-3)24-20-16-12-8-4;1-2-3-4-5-6-7-8-9-10-14(11,12)13/h5-24H2,1-4H3;2-10H2,1H3,(H,11,12,13)/q+1;/p-1. The van der Waals surface area contributed by atoms with E-state index >= 15 is 0 Å². The number of hydrogen-bond acceptors (Lipinski definition) is 3. The van der Waals surface area contributed by atoms with Crippen molar-refractivity contribution in [2.75, 3.05) is 30.4 Å². The largest absolute Gasteiger partial charge is 0.748 e. The molecule has 0 aliphatic rings. The molecule has 0 unspecified atom stereocenters. The first-order valence-electron chi connectivity index (χ1n) is 17.6. The van der Waals surface area contributed by atoms with E-state index in [1.165, 1.54) is 135 Å². The molecule has 0 saturated heterocycles. The van der Waals surface area contributed by atoms with Crippen molar-refractivity contribution in [3.05, 3.63) is 0 Å². The number of hydrogen-bond donors (Lipinski definition) is 0. The Bertz CT molecular complexity index is 511. The van der Waals surface area contributed by atoms with Crippen molar-refractivity contribution in [1.29, 1.82) is 0 Å². The van der Waals surface area contributed by atoms with Gasteiger partial charge in [0.05, 0.1) is 34.8 Å². The fraction of sp³-hybridized carbons (Fsp3) is 1.00. The van der Waals surface area contributed by atoms with Gasteiger partial charge in [0.25, 0.3) is 0 Å². The molecule has 3 nitrogen and oxygen atoms in total. The molecule has 39 heavy (non-hydrogen) atoms. The van der Waals surface area contributed by atoms with Gasteiger partial charge in [-0.25, -0.2) is 8.42 Å². The maximum absolute atomic E-state index is 10.2. The molecule has 5 heteroatoms. The van der Waals surface area contributed by atoms with Crippen molar-refractivity contribution < 1.29 is 13.0 Å². The van der Waals surface area contributed by atoms with Gasteiger partial charge >= 0.3 is 0 Å². The molecule has 0 rings (SSSR count). The third-order valence-corrected chi connectivity index (χ3v) is 14.0. The van der Waals surface area contributed by atoms with Gasteiger partial charge in [0, 0.05) is 13.0 Å². The summed E-state index contributed by atoms with van der Waals surface area (Å²) < 4.78 is 30.7. The van der Waals surface area contributed by atoms with Crippen LogP contribution in [0.4, 0.5) is 0 Å². The highest BCUT2D eigenvalue weighted by Gasteiger charge is 2.34. The second-order valence-electron chi connectivity index (χ2n) is 12.2. The average Bonchev–Trinajstić information content (AvgIpc) is 2.91. The summed E-state index contributed by atoms with van der Waals surface area (Å²) in [4.78, 5) is 0. The zero-order chi connectivity index (χ0) is 29.5. The topological polar surface area (TPSA) is 57.2 Å². The van der Waals surface area contributed by atoms with Gasteiger partial charge in [-0.05, 0) is 57.8 Å². The van der Waals surface area contributed by atoms with Crippen molar-refractivity contribution in [3.8, 4) is 0 Å². The molecule has 0 spiro atoms. The third-order valence-electron chi connectivity index (χ3n) is 8.19. The molecular formula is C34H73O3PS. The van der Waals surface area contributed by atoms with E-state index in [4.69, 9.17) is 0 Å². The van der Waals surface area contributed by atoms with Crippen LogP contribution >= 0.6 is 7.26 Å². The molecule has 238 valence electrons. The van der Waals surface area contributed by atoms with Crippen molar-refractivity contribution in [2.24, 2.45) is 0 Å². The van der Waals surface area contributed by atoms with Crippen molar-refractivity contribution >= 4 is 17.4 Å². The lowest BCUT2D eigenvalue weighted by Gasteiger charge is -2.28. The Labute approximate surface area is 249 Å². The lowest BCUT2D eigenvalue weighted by Crippen LogP contribution is -2.13. The zero-order valence-corrected chi connectivity index (χ0v) is 29.3. The van der Waals surface area contributed by atoms with Gasteiger partial charge in [-0.1, -0.05) is 131 Å². The minimum atomic E-state index is -3.98. The fourth-order valence-electron chi connectivity index (χ4n) is 5.58. The molecule has 0 atom stereocenters. The van der Waals surface area contributed by atoms with Crippen LogP contribution < -0.4 is 0 Å². The van der Waals surface area contributed by atoms with Gasteiger partial charge in [0.15, 0.2) is 0 Å². The lowest BCUT2D eigenvalue weighted by atomic mass is 10.1. The van der Waals surface area contributed by atoms with Crippen LogP contribution in [0.5, 0.6) is 0 Å². The minimum Gasteiger partial charge on any atom is -0.748 e. The second-order valence-corrected chi connectivity index (χ2v) is 18.2. The summed E-state index contributed by atoms with van der Waals surface area (Å²) in [5.74, 6) is -0.193. The van der Waals surface area contributed by atoms with Crippen LogP contribution in [0, 0.1) is 0 Å². The highest BCUT2D eigenvalue weighted by molar-refractivity contribution is 7.85. The Morgan fingerprint density at radius 3 is 0.872 bits per heavy atom. The second kappa shape index (κ2) is 31.3. The van der Waals surface area contributed by atoms with Crippen molar-refractivity contribution in [3.63, 3.8) is 0 Å². The maximum Gasteiger partial charge on any atom is 0.0945 e. The molecule has 0 aromatic carbocycles. The van der Waals surface area contributed by atoms with Crippen LogP contribution in [-0.4, -0.2) is 43.4 Å². The van der Waals surface area contributed by atoms with E-state index in [0.717, 1.165) is 12.8 Å². The summed E-state index contributed by atoms with van der Waals surface area (Å²) in [6.07, 6.45) is 38.7. The van der Waals surface area contributed by atoms with E-state index < -0.39 is 17.4 Å². The highest BCUT2D eigenvalue weighted by Crippen LogP contribution is 2.61. The fourth-order valence-corrected chi connectivity index (χ4v) is 11.1. The quantitative estimate of drug-likeness (QED) is 0.0493. The SMILES string of the molecule is CCCCCCCCCCS(=O)(=O)[O-].CCCCCC[P+](CCCCCC)(CCCCCC)CCCCCC. The molecule has 0 fully saturated rings. The summed E-state index contributed by atoms with van der Waals surface area (Å²) in [7, 11) is -4.63. The summed E-state index contributed by atoms with van der Waals surface area (Å²) >= 11 is 0. The summed E-state index contributed by atoms with van der Waals surface area (Å²) in [6, 6.07) is 0. The summed E-state index contributed by atoms with van der Waals surface area (Å²) in [6.45, 7) is 11.6. The van der Waals surface area contributed by atoms with E-state index in [-0.39, 0.29) is 5.75 Å². The normalized spacial score (nSPS) is 11.9. The van der Waals surface area contributed by atoms with Gasteiger partial charge in [-0.15, -0.1) is 0 Å². The van der Waals surface area contributed by atoms with Crippen LogP contribution in [0.2, 0.25) is 0 Å². The van der Waals surface area contributed by atoms with Gasteiger partial charge in [0.1, 0.15) is 0 Å². The van der Waals surface area contributed by atoms with E-state index in [9.17, 15) is 13.0 Å². The van der Waals surface area contributed by atoms with E-state index in [0.29, 0.717) is 6.42 Å². The van der Waals surface area contributed by atoms with Gasteiger partial charge in [0.2, 0.25) is 0 Å². The average molecular weight is 593 g/mol. The Hall–Kier alpha value is 0.340. The Kier molecular flexibility index (Phi) is 33.3. The first-order chi connectivity index (χ1) is 18.8. The molecule has 0 radical (unpaired) electrons. The van der Waals surface area contributed by atoms with Crippen LogP contribution in [0.25, 0.3) is 0 Å². The van der Waals surface area contributed by atoms with Gasteiger partial charge < -0.3 is 4.55 Å². The number of rotatable bonds is 29. The van der Waals surface area contributed by atoms with E-state index in [1.807, 2.05) is 0 Å². The van der Waals surface area contributed by atoms with Crippen LogP contribution in [-0.2, 0) is 10.1 Å². The highest BCUT2D eigenvalue weighted by atomic mass is 32.2. The molecule has 0 aromatic heterocycles. The van der Waals surface area contributed by atoms with Gasteiger partial charge in [-0.2, -0.15) is 0 Å². The molecule has 0 N–H and O–H groups in total. The first-order valence-corrected chi connectivity index (χ1v) is 21.7. The molecule has 0 bridgehead atoms. The maximum atomic E-state index is 10.2. The molecule has 0 aliphatic heterocycles. The smallest absolute Gasteiger partial charge is 0.0945 e. The van der Waals surface area contributed by atoms with Crippen LogP contribution in [0.1, 0.15) is 189 Å². The van der Waals surface area contributed by atoms with Crippen molar-refractivity contribution in [1.82, 2.24) is 0 Å². The summed E-state index contributed by atoms with van der Waals surface area (Å²) in [5, 5.41) is 0. The zero-order valence-electron chi connectivity index (χ0n) is 27.6. The number of unbranched alkanes of at least 4 members (excludes halogenated alkanes) is 19. The van der Waals surface area contributed by atoms with Crippen LogP contribution in [0.3, 0.4) is 0 Å². The molecule has 0 amide bonds. The molecule has 0 aromatic rings. The first kappa shape index (κ1) is 41.5. The molecule has 0 saturated carbocycles. The molecule has 0 aliphatic carbocycles. The summed E-state index contributed by atoms with van der Waals surface area (Å²) in [5.41, 5.74) is 0.